The molecule has 0 saturated carbocycles. The summed E-state index contributed by atoms with van der Waals surface area (Å²) in [7, 11) is 41.8. The van der Waals surface area contributed by atoms with E-state index in [4.69, 9.17) is 66.3 Å². The van der Waals surface area contributed by atoms with Crippen molar-refractivity contribution >= 4 is 115 Å². The second-order valence-electron chi connectivity index (χ2n) is 9.18. The van der Waals surface area contributed by atoms with E-state index >= 15 is 0 Å². The van der Waals surface area contributed by atoms with Crippen LogP contribution < -0.4 is 0 Å². The van der Waals surface area contributed by atoms with Gasteiger partial charge in [0.15, 0.2) is 14.4 Å². The molecular formula is C14H17B14F3OSi. The molecule has 1 aromatic rings. The first kappa shape index (κ1) is 30.9. The summed E-state index contributed by atoms with van der Waals surface area (Å²) in [4.78, 5) is 0. The number of hydrogen-bond donors (Lipinski definition) is 0. The predicted octanol–water partition coefficient (Wildman–Crippen LogP) is -0.620. The molecule has 0 N–H and O–H groups in total. The molecule has 0 fully saturated rings. The third kappa shape index (κ3) is 9.78. The number of fused-ring (bicyclic) bond motifs is 1. The van der Waals surface area contributed by atoms with Gasteiger partial charge in [0.1, 0.15) is 0 Å². The fraction of sp³-hybridized carbons (Fsp3) is 0.429. The molecule has 0 aliphatic heterocycles. The van der Waals surface area contributed by atoms with E-state index in [1.807, 2.05) is 12.2 Å². The van der Waals surface area contributed by atoms with Crippen LogP contribution in [0.15, 0.2) is 24.3 Å². The third-order valence-electron chi connectivity index (χ3n) is 5.10. The van der Waals surface area contributed by atoms with E-state index in [-0.39, 0.29) is 5.56 Å². The van der Waals surface area contributed by atoms with Gasteiger partial charge in [-0.3, -0.25) is 0 Å². The average molecular weight is 438 g/mol. The summed E-state index contributed by atoms with van der Waals surface area (Å²) in [5.74, 6) is 0. The summed E-state index contributed by atoms with van der Waals surface area (Å²) in [5.41, 5.74) is 2.14. The molecule has 0 spiro atoms. The Morgan fingerprint density at radius 2 is 1.30 bits per heavy atom. The normalized spacial score (nSPS) is 13.3. The van der Waals surface area contributed by atoms with Crippen molar-refractivity contribution in [2.45, 2.75) is 38.3 Å². The molecule has 1 aliphatic carbocycles. The number of alkyl halides is 3. The molecule has 1 aromatic carbocycles. The molecule has 0 amide bonds. The molecule has 0 bridgehead atoms. The van der Waals surface area contributed by atoms with E-state index in [0.717, 1.165) is 11.1 Å². The lowest BCUT2D eigenvalue weighted by Gasteiger charge is -2.34. The van der Waals surface area contributed by atoms with E-state index in [1.54, 1.807) is 31.8 Å². The van der Waals surface area contributed by atoms with Crippen LogP contribution in [0.5, 0.6) is 0 Å². The topological polar surface area (TPSA) is 9.23 Å². The lowest BCUT2D eigenvalue weighted by Crippen LogP contribution is -2.72. The molecule has 1 unspecified atom stereocenters. The van der Waals surface area contributed by atoms with Crippen molar-refractivity contribution in [1.82, 2.24) is 0 Å². The smallest absolute Gasteiger partial charge is 0.403 e. The standard InChI is InChI=1S/C14H17F3OSi.B14/c1-19(2,3)18-13(14(15,16)17)12-8-7-10-5-4-6-11(10)9-12;1-9(2)13(10(3)4)14(11(5)6)12(7)8/h4-5,7-9,13H,6H2,1-3H3;. The number of hydrogen-bond acceptors (Lipinski definition) is 1. The highest BCUT2D eigenvalue weighted by molar-refractivity contribution is 8.10. The van der Waals surface area contributed by atoms with E-state index in [9.17, 15) is 13.2 Å². The summed E-state index contributed by atoms with van der Waals surface area (Å²) in [6.07, 6.45) is -5.68. The van der Waals surface area contributed by atoms with Crippen LogP contribution in [0.3, 0.4) is 0 Å². The molecule has 16 radical (unpaired) electrons. The Hall–Kier alpha value is -0.164. The number of halogens is 3. The van der Waals surface area contributed by atoms with Gasteiger partial charge in [-0.1, -0.05) is 30.4 Å². The van der Waals surface area contributed by atoms with Crippen LogP contribution in [-0.2, 0) is 10.8 Å². The van der Waals surface area contributed by atoms with Gasteiger partial charge in [-0.05, 0) is 42.8 Å². The molecule has 0 aromatic heterocycles. The second kappa shape index (κ2) is 12.7. The fourth-order valence-electron chi connectivity index (χ4n) is 3.66. The van der Waals surface area contributed by atoms with Gasteiger partial charge in [-0.15, -0.1) is 0 Å². The summed E-state index contributed by atoms with van der Waals surface area (Å²) < 4.78 is 44.9. The highest BCUT2D eigenvalue weighted by atomic mass is 28.4. The van der Waals surface area contributed by atoms with Gasteiger partial charge in [0, 0.05) is 100 Å². The molecule has 19 heteroatoms. The van der Waals surface area contributed by atoms with E-state index in [0.29, 0.717) is 6.42 Å². The molecule has 0 heterocycles. The molecular weight excluding hydrogens is 421 g/mol. The van der Waals surface area contributed by atoms with E-state index < -0.39 is 58.9 Å². The summed E-state index contributed by atoms with van der Waals surface area (Å²) in [6.45, 7) is 5.29. The van der Waals surface area contributed by atoms with Crippen molar-refractivity contribution in [3.8, 4) is 0 Å². The molecule has 33 heavy (non-hydrogen) atoms. The molecule has 1 atom stereocenters. The zero-order valence-electron chi connectivity index (χ0n) is 19.3. The minimum Gasteiger partial charge on any atom is -0.403 e. The Kier molecular flexibility index (Phi) is 11.9. The quantitative estimate of drug-likeness (QED) is 0.493. The summed E-state index contributed by atoms with van der Waals surface area (Å²) >= 11 is 0. The van der Waals surface area contributed by atoms with Crippen LogP contribution in [0.2, 0.25) is 19.6 Å². The highest BCUT2D eigenvalue weighted by Gasteiger charge is 2.44. The highest BCUT2D eigenvalue weighted by Crippen LogP contribution is 2.39. The van der Waals surface area contributed by atoms with Crippen molar-refractivity contribution < 1.29 is 17.6 Å². The number of allylic oxidation sites excluding steroid dienone is 1. The molecule has 1 aliphatic rings. The zero-order chi connectivity index (χ0) is 25.7. The lowest BCUT2D eigenvalue weighted by molar-refractivity contribution is -0.200. The van der Waals surface area contributed by atoms with Crippen LogP contribution in [0.25, 0.3) is 6.08 Å². The Bertz CT molecular complexity index is 751. The van der Waals surface area contributed by atoms with Crippen LogP contribution in [0.1, 0.15) is 22.8 Å². The predicted molar refractivity (Wildman–Crippen MR) is 153 cm³/mol. The maximum Gasteiger partial charge on any atom is 0.417 e. The van der Waals surface area contributed by atoms with Crippen molar-refractivity contribution in [2.75, 3.05) is 0 Å². The first-order valence-corrected chi connectivity index (χ1v) is 13.9. The van der Waals surface area contributed by atoms with Gasteiger partial charge < -0.3 is 4.43 Å². The van der Waals surface area contributed by atoms with Gasteiger partial charge in [0.2, 0.25) is 0 Å². The van der Waals surface area contributed by atoms with E-state index in [1.165, 1.54) is 6.07 Å². The van der Waals surface area contributed by atoms with Crippen LogP contribution in [0, 0.1) is 0 Å². The van der Waals surface area contributed by atoms with E-state index in [2.05, 4.69) is 0 Å². The molecule has 2 rings (SSSR count). The number of rotatable bonds is 8. The molecule has 0 saturated heterocycles. The van der Waals surface area contributed by atoms with Gasteiger partial charge in [0.25, 0.3) is 0 Å². The van der Waals surface area contributed by atoms with Gasteiger partial charge in [-0.25, -0.2) is 0 Å². The van der Waals surface area contributed by atoms with Gasteiger partial charge >= 0.3 is 6.18 Å². The van der Waals surface area contributed by atoms with Crippen molar-refractivity contribution in [3.63, 3.8) is 0 Å². The van der Waals surface area contributed by atoms with Crippen LogP contribution in [-0.4, -0.2) is 115 Å². The second-order valence-corrected chi connectivity index (χ2v) is 13.6. The Labute approximate surface area is 211 Å². The SMILES string of the molecule is C[Si](C)(C)OC(c1ccc2c(c1)CC=C2)C(F)(F)F.[B]B([B])B(B([B])[B])B(B([B])[B])B([B])[B]. The first-order chi connectivity index (χ1) is 15.0. The maximum absolute atomic E-state index is 13.2. The van der Waals surface area contributed by atoms with Crippen molar-refractivity contribution in [3.05, 3.63) is 41.0 Å². The van der Waals surface area contributed by atoms with Gasteiger partial charge in [-0.2, -0.15) is 13.2 Å². The Morgan fingerprint density at radius 1 is 0.848 bits per heavy atom. The fourth-order valence-corrected chi connectivity index (χ4v) is 4.63. The third-order valence-corrected chi connectivity index (χ3v) is 6.04. The largest absolute Gasteiger partial charge is 0.417 e. The van der Waals surface area contributed by atoms with Gasteiger partial charge in [0.05, 0.1) is 0 Å². The zero-order valence-corrected chi connectivity index (χ0v) is 20.3. The minimum atomic E-state index is -4.37. The maximum atomic E-state index is 13.2. The first-order valence-electron chi connectivity index (χ1n) is 10.5. The summed E-state index contributed by atoms with van der Waals surface area (Å²) in [5, 5.41) is 0. The van der Waals surface area contributed by atoms with Crippen LogP contribution in [0.4, 0.5) is 13.2 Å². The molecule has 1 nitrogen and oxygen atoms in total. The average Bonchev–Trinajstić information content (AvgIpc) is 3.09. The van der Waals surface area contributed by atoms with Crippen LogP contribution >= 0.6 is 0 Å². The monoisotopic (exact) mass is 440 g/mol. The van der Waals surface area contributed by atoms with Crippen molar-refractivity contribution in [2.24, 2.45) is 0 Å². The molecule has 146 valence electrons. The summed E-state index contributed by atoms with van der Waals surface area (Å²) in [6, 6.07) is 4.88. The Balaban J connectivity index is 0.000000349. The Morgan fingerprint density at radius 3 is 1.67 bits per heavy atom. The minimum absolute atomic E-state index is 0.206. The number of benzene rings is 1. The van der Waals surface area contributed by atoms with Crippen molar-refractivity contribution in [1.29, 1.82) is 0 Å². The lowest BCUT2D eigenvalue weighted by atomic mass is 8.47.